The SMILES string of the molecule is COc1cccc2c1C(=O)c1c(O)c3c(c(O)c1C2=O)C[C@@](O)(C(=O)CO)C[C@@H]3O[C@H]1C[C@H](NC(=O)C(CC(C)C)NC(=O)[C@@H](CC(N)=O)NC(=O)[C@@H](C)NC(=O)[C@@H](C)NC(=O)C(CCC(=O)O)NC(=O)CCCCCN2C(=O)C=CC2=O)[C@H](O)[C@H](C)O1. The minimum atomic E-state index is -2.50. The molecule has 2 unspecified atom stereocenters. The summed E-state index contributed by atoms with van der Waals surface area (Å²) < 4.78 is 17.6. The number of phenolic OH excluding ortho intramolecular Hbond substituents is 2. The number of carboxylic acid groups (broad SMARTS) is 1. The van der Waals surface area contributed by atoms with Gasteiger partial charge in [-0.1, -0.05) is 32.4 Å². The molecule has 0 aromatic heterocycles. The Hall–Kier alpha value is -8.71. The zero-order valence-corrected chi connectivity index (χ0v) is 49.2. The number of amides is 9. The average Bonchev–Trinajstić information content (AvgIpc) is 0.811. The van der Waals surface area contributed by atoms with E-state index in [1.807, 2.05) is 0 Å². The number of nitrogens with two attached hydrogens (primary N) is 1. The van der Waals surface area contributed by atoms with Gasteiger partial charge in [0, 0.05) is 67.5 Å². The Bertz CT molecular complexity index is 3150. The van der Waals surface area contributed by atoms with Crippen LogP contribution >= 0.6 is 0 Å². The fraction of sp³-hybridized carbons (Fsp3) is 0.534. The summed E-state index contributed by atoms with van der Waals surface area (Å²) in [7, 11) is 1.25. The molecule has 2 aliphatic heterocycles. The Morgan fingerprint density at radius 2 is 1.39 bits per heavy atom. The van der Waals surface area contributed by atoms with Gasteiger partial charge in [0.2, 0.25) is 47.1 Å². The third kappa shape index (κ3) is 16.1. The molecule has 2 aromatic rings. The number of imide groups is 1. The molecule has 478 valence electrons. The molecule has 88 heavy (non-hydrogen) atoms. The number of primary amides is 1. The zero-order chi connectivity index (χ0) is 65.2. The summed E-state index contributed by atoms with van der Waals surface area (Å²) in [4.78, 5) is 171. The lowest BCUT2D eigenvalue weighted by molar-refractivity contribution is -0.249. The molecule has 9 amide bonds. The Balaban J connectivity index is 1.10. The van der Waals surface area contributed by atoms with E-state index in [2.05, 4.69) is 31.9 Å². The van der Waals surface area contributed by atoms with E-state index in [0.29, 0.717) is 19.3 Å². The van der Waals surface area contributed by atoms with Crippen LogP contribution in [0, 0.1) is 5.92 Å². The number of hydrogen-bond donors (Lipinski definition) is 13. The third-order valence-corrected chi connectivity index (χ3v) is 15.5. The van der Waals surface area contributed by atoms with Gasteiger partial charge in [-0.05, 0) is 58.4 Å². The van der Waals surface area contributed by atoms with Crippen molar-refractivity contribution in [1.82, 2.24) is 36.8 Å². The topological polar surface area (TPSA) is 472 Å². The standard InChI is InChI=1S/C58H74N8O22/c1-25(2)19-33(65-57(84)34(20-38(59)69)64-54(81)27(4)60-53(80)26(3)61-55(82)31(14-17-42(73)74)62-39(70)13-8-7-9-18-66-40(71)15-16-41(66)72)56(83)63-32-21-43(87-28(5)48(32)75)88-36-23-58(85,37(68)24-67)22-30-45(36)52(79)47-46(50(30)77)49(76)29-11-10-12-35(86-6)44(29)51(47)78/h10-12,15-16,25-28,31-34,36,43,48,67,75,77,79,85H,7-9,13-14,17-24H2,1-6H3,(H2,59,69)(H,60,80)(H,61,82)(H,62,70)(H,63,83)(H,64,81)(H,65,84)(H,73,74)/t26-,27-,28+,31?,32+,33?,34-,36+,43+,48-,58+/m1/s1. The fourth-order valence-electron chi connectivity index (χ4n) is 10.8. The van der Waals surface area contributed by atoms with E-state index >= 15 is 0 Å². The number of nitrogens with zero attached hydrogens (tertiary/aromatic N) is 1. The quantitative estimate of drug-likeness (QED) is 0.0201. The van der Waals surface area contributed by atoms with Gasteiger partial charge < -0.3 is 82.5 Å². The largest absolute Gasteiger partial charge is 0.507 e. The van der Waals surface area contributed by atoms with E-state index in [-0.39, 0.29) is 59.7 Å². The molecule has 0 radical (unpaired) electrons. The van der Waals surface area contributed by atoms with Crippen molar-refractivity contribution in [2.75, 3.05) is 20.3 Å². The van der Waals surface area contributed by atoms with Crippen molar-refractivity contribution in [2.24, 2.45) is 11.7 Å². The van der Waals surface area contributed by atoms with Crippen molar-refractivity contribution in [2.45, 2.75) is 172 Å². The number of Topliss-reactive ketones (excluding diaryl/α,β-unsaturated/α-hetero) is 1. The molecule has 14 N–H and O–H groups in total. The van der Waals surface area contributed by atoms with E-state index in [1.54, 1.807) is 13.8 Å². The number of rotatable bonds is 29. The van der Waals surface area contributed by atoms with Crippen LogP contribution in [0.1, 0.15) is 148 Å². The molecule has 0 bridgehead atoms. The monoisotopic (exact) mass is 1230 g/mol. The molecular weight excluding hydrogens is 1160 g/mol. The number of carbonyl (C=O) groups is 13. The number of hydrogen-bond acceptors (Lipinski definition) is 21. The van der Waals surface area contributed by atoms with Crippen molar-refractivity contribution >= 4 is 76.5 Å². The molecule has 11 atom stereocenters. The van der Waals surface area contributed by atoms with Crippen LogP contribution in [0.4, 0.5) is 0 Å². The minimum Gasteiger partial charge on any atom is -0.507 e. The Morgan fingerprint density at radius 3 is 2.00 bits per heavy atom. The number of carbonyl (C=O) groups excluding carboxylic acids is 12. The van der Waals surface area contributed by atoms with E-state index < -0.39 is 204 Å². The van der Waals surface area contributed by atoms with Crippen molar-refractivity contribution in [3.05, 3.63) is 63.7 Å². The van der Waals surface area contributed by atoms with Crippen LogP contribution in [0.15, 0.2) is 30.4 Å². The van der Waals surface area contributed by atoms with Gasteiger partial charge in [-0.3, -0.25) is 67.2 Å². The summed E-state index contributed by atoms with van der Waals surface area (Å²) >= 11 is 0. The molecule has 1 saturated heterocycles. The highest BCUT2D eigenvalue weighted by atomic mass is 16.7. The van der Waals surface area contributed by atoms with Crippen LogP contribution < -0.4 is 42.4 Å². The van der Waals surface area contributed by atoms with Crippen molar-refractivity contribution in [3.8, 4) is 17.2 Å². The van der Waals surface area contributed by atoms with Gasteiger partial charge in [0.1, 0.15) is 65.8 Å². The lowest BCUT2D eigenvalue weighted by Crippen LogP contribution is -2.61. The summed E-state index contributed by atoms with van der Waals surface area (Å²) in [6, 6.07) is -4.62. The highest BCUT2D eigenvalue weighted by Gasteiger charge is 2.51. The maximum atomic E-state index is 14.2. The van der Waals surface area contributed by atoms with Gasteiger partial charge in [-0.15, -0.1) is 0 Å². The number of aliphatic carboxylic acids is 1. The molecule has 2 aromatic carbocycles. The maximum absolute atomic E-state index is 14.2. The molecule has 0 spiro atoms. The van der Waals surface area contributed by atoms with Gasteiger partial charge in [0.05, 0.1) is 48.5 Å². The van der Waals surface area contributed by atoms with E-state index in [1.165, 1.54) is 46.1 Å². The number of ketones is 3. The highest BCUT2D eigenvalue weighted by molar-refractivity contribution is 6.31. The smallest absolute Gasteiger partial charge is 0.303 e. The average molecular weight is 1240 g/mol. The summed E-state index contributed by atoms with van der Waals surface area (Å²) in [6.07, 6.45) is -6.16. The van der Waals surface area contributed by atoms with Crippen LogP contribution in [-0.2, 0) is 68.6 Å². The first-order valence-electron chi connectivity index (χ1n) is 28.5. The molecule has 0 saturated carbocycles. The fourth-order valence-corrected chi connectivity index (χ4v) is 10.8. The summed E-state index contributed by atoms with van der Waals surface area (Å²) in [5.41, 5.74) is 0.642. The molecular formula is C58H74N8O22. The van der Waals surface area contributed by atoms with E-state index in [4.69, 9.17) is 19.9 Å². The predicted molar refractivity (Wildman–Crippen MR) is 301 cm³/mol. The predicted octanol–water partition coefficient (Wildman–Crippen LogP) is -2.11. The number of ether oxygens (including phenoxy) is 3. The van der Waals surface area contributed by atoms with Gasteiger partial charge >= 0.3 is 5.97 Å². The number of aliphatic hydroxyl groups excluding tert-OH is 2. The molecule has 2 aliphatic carbocycles. The second kappa shape index (κ2) is 29.3. The number of unbranched alkanes of at least 4 members (excludes halogenated alkanes) is 2. The molecule has 30 nitrogen and oxygen atoms in total. The summed E-state index contributed by atoms with van der Waals surface area (Å²) in [5, 5.41) is 80.7. The second-order valence-electron chi connectivity index (χ2n) is 22.5. The zero-order valence-electron chi connectivity index (χ0n) is 49.2. The van der Waals surface area contributed by atoms with Crippen molar-refractivity contribution < 1.29 is 107 Å². The molecule has 6 rings (SSSR count). The Labute approximate surface area is 503 Å². The molecule has 30 heteroatoms. The normalized spacial score (nSPS) is 22.0. The Morgan fingerprint density at radius 1 is 0.773 bits per heavy atom. The first-order valence-corrected chi connectivity index (χ1v) is 28.5. The van der Waals surface area contributed by atoms with Crippen molar-refractivity contribution in [1.29, 1.82) is 0 Å². The van der Waals surface area contributed by atoms with E-state index in [0.717, 1.165) is 17.1 Å². The van der Waals surface area contributed by atoms with Crippen LogP contribution in [-0.4, -0.2) is 193 Å². The number of methoxy groups -OCH3 is 1. The highest BCUT2D eigenvalue weighted by Crippen LogP contribution is 2.52. The Kier molecular flexibility index (Phi) is 22.8. The number of benzene rings is 2. The van der Waals surface area contributed by atoms with Gasteiger partial charge in [0.25, 0.3) is 11.8 Å². The number of aliphatic hydroxyl groups is 3. The first-order chi connectivity index (χ1) is 41.4. The number of carboxylic acids is 1. The number of phenols is 2. The second-order valence-corrected chi connectivity index (χ2v) is 22.5. The molecule has 2 heterocycles. The van der Waals surface area contributed by atoms with Gasteiger partial charge in [-0.25, -0.2) is 0 Å². The first kappa shape index (κ1) is 68.4. The number of aromatic hydroxyl groups is 2. The van der Waals surface area contributed by atoms with E-state index in [9.17, 15) is 93.0 Å². The molecule has 1 fully saturated rings. The van der Waals surface area contributed by atoms with Gasteiger partial charge in [-0.2, -0.15) is 0 Å². The lowest BCUT2D eigenvalue weighted by atomic mass is 9.72. The van der Waals surface area contributed by atoms with Crippen LogP contribution in [0.2, 0.25) is 0 Å². The van der Waals surface area contributed by atoms with Crippen LogP contribution in [0.25, 0.3) is 0 Å². The minimum absolute atomic E-state index is 0.0194. The summed E-state index contributed by atoms with van der Waals surface area (Å²) in [6.45, 7) is 6.19. The van der Waals surface area contributed by atoms with Crippen molar-refractivity contribution in [3.63, 3.8) is 0 Å². The summed E-state index contributed by atoms with van der Waals surface area (Å²) in [5.74, 6) is -13.8. The van der Waals surface area contributed by atoms with Crippen LogP contribution in [0.3, 0.4) is 0 Å². The lowest BCUT2D eigenvalue weighted by Gasteiger charge is -2.43. The maximum Gasteiger partial charge on any atom is 0.303 e. The number of fused-ring (bicyclic) bond motifs is 3. The van der Waals surface area contributed by atoms with Crippen LogP contribution in [0.5, 0.6) is 17.2 Å². The van der Waals surface area contributed by atoms with Gasteiger partial charge in [0.15, 0.2) is 17.9 Å². The number of nitrogens with one attached hydrogen (secondary N) is 6. The molecule has 4 aliphatic rings. The third-order valence-electron chi connectivity index (χ3n) is 15.5.